The minimum absolute atomic E-state index is 0.138. The van der Waals surface area contributed by atoms with Gasteiger partial charge in [-0.25, -0.2) is 0 Å². The van der Waals surface area contributed by atoms with Gasteiger partial charge in [0.15, 0.2) is 0 Å². The SMILES string of the molecule is O=C(O)CCCCCNC(=O)CCNC(=O)c1ccoc1. The molecule has 3 N–H and O–H groups in total. The first-order chi connectivity index (χ1) is 10.1. The molecule has 21 heavy (non-hydrogen) atoms. The number of carboxylic acids is 1. The third-order valence-electron chi connectivity index (χ3n) is 2.81. The zero-order chi connectivity index (χ0) is 15.5. The van der Waals surface area contributed by atoms with Gasteiger partial charge in [-0.15, -0.1) is 0 Å². The lowest BCUT2D eigenvalue weighted by atomic mass is 10.2. The Balaban J connectivity index is 1.99. The molecule has 7 heteroatoms. The molecule has 2 amide bonds. The van der Waals surface area contributed by atoms with Gasteiger partial charge in [0, 0.05) is 25.9 Å². The highest BCUT2D eigenvalue weighted by molar-refractivity contribution is 5.93. The standard InChI is InChI=1S/C14H20N2O5/c17-12(15-7-3-1-2-4-13(18)19)5-8-16-14(20)11-6-9-21-10-11/h6,9-10H,1-5,7-8H2,(H,15,17)(H,16,20)(H,18,19). The van der Waals surface area contributed by atoms with E-state index in [2.05, 4.69) is 10.6 Å². The third-order valence-corrected chi connectivity index (χ3v) is 2.81. The van der Waals surface area contributed by atoms with Gasteiger partial charge in [0.1, 0.15) is 6.26 Å². The summed E-state index contributed by atoms with van der Waals surface area (Å²) in [7, 11) is 0. The predicted molar refractivity (Wildman–Crippen MR) is 74.8 cm³/mol. The monoisotopic (exact) mass is 296 g/mol. The van der Waals surface area contributed by atoms with Crippen LogP contribution >= 0.6 is 0 Å². The largest absolute Gasteiger partial charge is 0.481 e. The van der Waals surface area contributed by atoms with Crippen LogP contribution in [0.15, 0.2) is 23.0 Å². The van der Waals surface area contributed by atoms with Gasteiger partial charge in [-0.1, -0.05) is 6.42 Å². The van der Waals surface area contributed by atoms with E-state index < -0.39 is 5.97 Å². The number of carboxylic acid groups (broad SMARTS) is 1. The van der Waals surface area contributed by atoms with Crippen molar-refractivity contribution in [1.29, 1.82) is 0 Å². The van der Waals surface area contributed by atoms with E-state index in [9.17, 15) is 14.4 Å². The fourth-order valence-electron chi connectivity index (χ4n) is 1.68. The Labute approximate surface area is 122 Å². The number of unbranched alkanes of at least 4 members (excludes halogenated alkanes) is 2. The maximum absolute atomic E-state index is 11.5. The minimum atomic E-state index is -0.799. The molecule has 0 spiro atoms. The van der Waals surface area contributed by atoms with E-state index in [-0.39, 0.29) is 31.2 Å². The van der Waals surface area contributed by atoms with Crippen LogP contribution in [0.1, 0.15) is 42.5 Å². The molecule has 0 atom stereocenters. The van der Waals surface area contributed by atoms with Crippen molar-refractivity contribution >= 4 is 17.8 Å². The van der Waals surface area contributed by atoms with Crippen LogP contribution < -0.4 is 10.6 Å². The van der Waals surface area contributed by atoms with Crippen molar-refractivity contribution in [3.63, 3.8) is 0 Å². The van der Waals surface area contributed by atoms with E-state index in [4.69, 9.17) is 9.52 Å². The summed E-state index contributed by atoms with van der Waals surface area (Å²) in [5, 5.41) is 13.8. The first-order valence-corrected chi connectivity index (χ1v) is 6.88. The van der Waals surface area contributed by atoms with Gasteiger partial charge in [0.25, 0.3) is 5.91 Å². The summed E-state index contributed by atoms with van der Waals surface area (Å²) in [6, 6.07) is 1.55. The first-order valence-electron chi connectivity index (χ1n) is 6.88. The van der Waals surface area contributed by atoms with E-state index in [1.54, 1.807) is 6.07 Å². The zero-order valence-electron chi connectivity index (χ0n) is 11.8. The van der Waals surface area contributed by atoms with Crippen LogP contribution in [0, 0.1) is 0 Å². The van der Waals surface area contributed by atoms with Gasteiger partial charge < -0.3 is 20.2 Å². The maximum atomic E-state index is 11.5. The Morgan fingerprint density at radius 2 is 1.86 bits per heavy atom. The van der Waals surface area contributed by atoms with E-state index >= 15 is 0 Å². The van der Waals surface area contributed by atoms with Crippen molar-refractivity contribution in [2.45, 2.75) is 32.1 Å². The van der Waals surface area contributed by atoms with Gasteiger partial charge in [-0.3, -0.25) is 14.4 Å². The number of amides is 2. The van der Waals surface area contributed by atoms with Crippen LogP contribution in [0.25, 0.3) is 0 Å². The summed E-state index contributed by atoms with van der Waals surface area (Å²) in [6.45, 7) is 0.781. The highest BCUT2D eigenvalue weighted by Gasteiger charge is 2.07. The van der Waals surface area contributed by atoms with Gasteiger partial charge in [-0.05, 0) is 18.9 Å². The molecular formula is C14H20N2O5. The molecule has 0 unspecified atom stereocenters. The predicted octanol–water partition coefficient (Wildman–Crippen LogP) is 1.16. The van der Waals surface area contributed by atoms with Gasteiger partial charge in [0.2, 0.25) is 5.91 Å². The van der Waals surface area contributed by atoms with Crippen molar-refractivity contribution in [2.24, 2.45) is 0 Å². The van der Waals surface area contributed by atoms with Crippen molar-refractivity contribution in [2.75, 3.05) is 13.1 Å². The molecule has 7 nitrogen and oxygen atoms in total. The maximum Gasteiger partial charge on any atom is 0.303 e. The molecule has 0 fully saturated rings. The van der Waals surface area contributed by atoms with E-state index in [0.717, 1.165) is 12.8 Å². The Bertz CT molecular complexity index is 456. The molecule has 0 radical (unpaired) electrons. The number of carbonyl (C=O) groups is 3. The summed E-state index contributed by atoms with van der Waals surface area (Å²) >= 11 is 0. The lowest BCUT2D eigenvalue weighted by Gasteiger charge is -2.06. The molecule has 0 bridgehead atoms. The molecule has 1 rings (SSSR count). The third kappa shape index (κ3) is 7.76. The fraction of sp³-hybridized carbons (Fsp3) is 0.500. The summed E-state index contributed by atoms with van der Waals surface area (Å²) < 4.78 is 4.79. The normalized spacial score (nSPS) is 10.1. The van der Waals surface area contributed by atoms with Crippen LogP contribution in [-0.2, 0) is 9.59 Å². The number of nitrogens with one attached hydrogen (secondary N) is 2. The molecule has 0 aliphatic carbocycles. The molecule has 1 aromatic heterocycles. The highest BCUT2D eigenvalue weighted by atomic mass is 16.4. The topological polar surface area (TPSA) is 109 Å². The number of furan rings is 1. The molecule has 0 saturated carbocycles. The molecule has 0 aromatic carbocycles. The molecule has 1 aromatic rings. The second kappa shape index (κ2) is 9.57. The number of rotatable bonds is 10. The molecular weight excluding hydrogens is 276 g/mol. The lowest BCUT2D eigenvalue weighted by Crippen LogP contribution is -2.31. The second-order valence-corrected chi connectivity index (χ2v) is 4.57. The van der Waals surface area contributed by atoms with Gasteiger partial charge in [-0.2, -0.15) is 0 Å². The smallest absolute Gasteiger partial charge is 0.303 e. The van der Waals surface area contributed by atoms with Crippen LogP contribution in [0.5, 0.6) is 0 Å². The van der Waals surface area contributed by atoms with Gasteiger partial charge >= 0.3 is 5.97 Å². The summed E-state index contributed by atoms with van der Waals surface area (Å²) in [4.78, 5) is 33.3. The Morgan fingerprint density at radius 3 is 2.52 bits per heavy atom. The minimum Gasteiger partial charge on any atom is -0.481 e. The second-order valence-electron chi connectivity index (χ2n) is 4.57. The Kier molecular flexibility index (Phi) is 7.63. The average molecular weight is 296 g/mol. The summed E-state index contributed by atoms with van der Waals surface area (Å²) in [5.74, 6) is -1.21. The zero-order valence-corrected chi connectivity index (χ0v) is 11.8. The van der Waals surface area contributed by atoms with E-state index in [1.807, 2.05) is 0 Å². The molecule has 0 saturated heterocycles. The fourth-order valence-corrected chi connectivity index (χ4v) is 1.68. The molecule has 116 valence electrons. The number of hydrogen-bond donors (Lipinski definition) is 3. The van der Waals surface area contributed by atoms with E-state index in [1.165, 1.54) is 12.5 Å². The first kappa shape index (κ1) is 16.7. The highest BCUT2D eigenvalue weighted by Crippen LogP contribution is 1.99. The summed E-state index contributed by atoms with van der Waals surface area (Å²) in [5.41, 5.74) is 0.425. The molecule has 1 heterocycles. The van der Waals surface area contributed by atoms with Crippen LogP contribution in [0.4, 0.5) is 0 Å². The quantitative estimate of drug-likeness (QED) is 0.561. The number of carbonyl (C=O) groups excluding carboxylic acids is 2. The lowest BCUT2D eigenvalue weighted by molar-refractivity contribution is -0.137. The van der Waals surface area contributed by atoms with Crippen LogP contribution in [-0.4, -0.2) is 36.0 Å². The molecule has 0 aliphatic heterocycles. The van der Waals surface area contributed by atoms with Crippen molar-refractivity contribution in [3.8, 4) is 0 Å². The van der Waals surface area contributed by atoms with Crippen molar-refractivity contribution < 1.29 is 23.9 Å². The van der Waals surface area contributed by atoms with Gasteiger partial charge in [0.05, 0.1) is 11.8 Å². The number of hydrogen-bond acceptors (Lipinski definition) is 4. The summed E-state index contributed by atoms with van der Waals surface area (Å²) in [6.07, 6.45) is 5.25. The Hall–Kier alpha value is -2.31. The molecule has 0 aliphatic rings. The van der Waals surface area contributed by atoms with Crippen LogP contribution in [0.3, 0.4) is 0 Å². The average Bonchev–Trinajstić information content (AvgIpc) is 2.96. The van der Waals surface area contributed by atoms with Crippen molar-refractivity contribution in [3.05, 3.63) is 24.2 Å². The number of aliphatic carboxylic acids is 1. The van der Waals surface area contributed by atoms with Crippen LogP contribution in [0.2, 0.25) is 0 Å². The Morgan fingerprint density at radius 1 is 1.05 bits per heavy atom. The van der Waals surface area contributed by atoms with Crippen molar-refractivity contribution in [1.82, 2.24) is 10.6 Å². The van der Waals surface area contributed by atoms with E-state index in [0.29, 0.717) is 18.5 Å².